The van der Waals surface area contributed by atoms with E-state index < -0.39 is 11.8 Å². The van der Waals surface area contributed by atoms with Crippen molar-refractivity contribution in [3.8, 4) is 5.69 Å². The third kappa shape index (κ3) is 5.13. The van der Waals surface area contributed by atoms with Crippen molar-refractivity contribution in [2.45, 2.75) is 13.8 Å². The summed E-state index contributed by atoms with van der Waals surface area (Å²) >= 11 is 9.40. The maximum atomic E-state index is 12.0. The van der Waals surface area contributed by atoms with Crippen molar-refractivity contribution in [3.05, 3.63) is 81.0 Å². The molecule has 3 rings (SSSR count). The van der Waals surface area contributed by atoms with E-state index in [0.717, 1.165) is 27.1 Å². The number of hydrogen-bond donors (Lipinski definition) is 2. The molecule has 29 heavy (non-hydrogen) atoms. The summed E-state index contributed by atoms with van der Waals surface area (Å²) < 4.78 is 2.91. The summed E-state index contributed by atoms with van der Waals surface area (Å²) in [6.45, 7) is 3.91. The normalized spacial score (nSPS) is 10.9. The first-order valence-corrected chi connectivity index (χ1v) is 9.87. The molecule has 148 valence electrons. The van der Waals surface area contributed by atoms with Gasteiger partial charge in [-0.2, -0.15) is 5.10 Å². The van der Waals surface area contributed by atoms with E-state index in [2.05, 4.69) is 31.8 Å². The third-order valence-electron chi connectivity index (χ3n) is 4.21. The molecule has 2 amide bonds. The number of carbonyl (C=O) groups is 2. The summed E-state index contributed by atoms with van der Waals surface area (Å²) in [5.41, 5.74) is 6.44. The standard InChI is InChI=1S/C21H18BrClN4O2/c1-13-10-15(14(2)27(13)19-5-3-4-17(23)11-19)12-24-26-21(29)20(28)25-18-8-6-16(22)7-9-18/h3-12H,1-2H3,(H,25,28)(H,26,29)/b24-12-. The quantitative estimate of drug-likeness (QED) is 0.330. The topological polar surface area (TPSA) is 75.5 Å². The molecular weight excluding hydrogens is 456 g/mol. The van der Waals surface area contributed by atoms with Crippen LogP contribution >= 0.6 is 27.5 Å². The highest BCUT2D eigenvalue weighted by atomic mass is 79.9. The van der Waals surface area contributed by atoms with Gasteiger partial charge in [0.1, 0.15) is 0 Å². The van der Waals surface area contributed by atoms with E-state index in [9.17, 15) is 9.59 Å². The zero-order valence-electron chi connectivity index (χ0n) is 15.7. The van der Waals surface area contributed by atoms with E-state index in [0.29, 0.717) is 10.7 Å². The summed E-state index contributed by atoms with van der Waals surface area (Å²) in [5.74, 6) is -1.65. The molecule has 3 aromatic rings. The number of hydrazone groups is 1. The number of halogens is 2. The highest BCUT2D eigenvalue weighted by molar-refractivity contribution is 9.10. The fourth-order valence-corrected chi connectivity index (χ4v) is 3.31. The average molecular weight is 474 g/mol. The minimum atomic E-state index is -0.854. The van der Waals surface area contributed by atoms with Crippen LogP contribution in [-0.2, 0) is 9.59 Å². The van der Waals surface area contributed by atoms with Gasteiger partial charge in [-0.25, -0.2) is 5.43 Å². The predicted octanol–water partition coefficient (Wildman–Crippen LogP) is 4.60. The molecule has 0 aliphatic rings. The van der Waals surface area contributed by atoms with Crippen LogP contribution in [0, 0.1) is 13.8 Å². The number of aryl methyl sites for hydroxylation is 1. The molecule has 6 nitrogen and oxygen atoms in total. The molecule has 0 saturated carbocycles. The smallest absolute Gasteiger partial charge is 0.318 e. The Labute approximate surface area is 181 Å². The molecule has 0 spiro atoms. The van der Waals surface area contributed by atoms with Gasteiger partial charge in [-0.15, -0.1) is 0 Å². The Bertz CT molecular complexity index is 1090. The van der Waals surface area contributed by atoms with Crippen molar-refractivity contribution < 1.29 is 9.59 Å². The number of hydrogen-bond acceptors (Lipinski definition) is 3. The van der Waals surface area contributed by atoms with Crippen LogP contribution in [0.4, 0.5) is 5.69 Å². The molecule has 0 aliphatic carbocycles. The molecule has 8 heteroatoms. The molecule has 0 aliphatic heterocycles. The molecule has 0 atom stereocenters. The fraction of sp³-hybridized carbons (Fsp3) is 0.0952. The van der Waals surface area contributed by atoms with Gasteiger partial charge in [0.2, 0.25) is 0 Å². The minimum absolute atomic E-state index is 0.516. The first-order valence-electron chi connectivity index (χ1n) is 8.70. The van der Waals surface area contributed by atoms with E-state index in [-0.39, 0.29) is 0 Å². The Morgan fingerprint density at radius 3 is 2.48 bits per heavy atom. The van der Waals surface area contributed by atoms with Gasteiger partial charge in [0.05, 0.1) is 6.21 Å². The van der Waals surface area contributed by atoms with E-state index >= 15 is 0 Å². The van der Waals surface area contributed by atoms with E-state index in [1.165, 1.54) is 6.21 Å². The number of rotatable bonds is 4. The summed E-state index contributed by atoms with van der Waals surface area (Å²) in [4.78, 5) is 23.9. The summed E-state index contributed by atoms with van der Waals surface area (Å²) in [6, 6.07) is 16.4. The van der Waals surface area contributed by atoms with Crippen LogP contribution in [-0.4, -0.2) is 22.6 Å². The largest absolute Gasteiger partial charge is 0.329 e. The molecule has 0 bridgehead atoms. The van der Waals surface area contributed by atoms with Gasteiger partial charge in [0, 0.05) is 37.8 Å². The number of nitrogens with zero attached hydrogens (tertiary/aromatic N) is 2. The number of amides is 2. The lowest BCUT2D eigenvalue weighted by molar-refractivity contribution is -0.136. The van der Waals surface area contributed by atoms with Crippen molar-refractivity contribution in [2.24, 2.45) is 5.10 Å². The monoisotopic (exact) mass is 472 g/mol. The maximum Gasteiger partial charge on any atom is 0.329 e. The van der Waals surface area contributed by atoms with Crippen LogP contribution < -0.4 is 10.7 Å². The average Bonchev–Trinajstić information content (AvgIpc) is 2.97. The molecule has 0 fully saturated rings. The highest BCUT2D eigenvalue weighted by Crippen LogP contribution is 2.22. The lowest BCUT2D eigenvalue weighted by atomic mass is 10.2. The Kier molecular flexibility index (Phi) is 6.51. The number of anilines is 1. The third-order valence-corrected chi connectivity index (χ3v) is 4.98. The van der Waals surface area contributed by atoms with Crippen molar-refractivity contribution in [2.75, 3.05) is 5.32 Å². The summed E-state index contributed by atoms with van der Waals surface area (Å²) in [5, 5.41) is 7.07. The Morgan fingerprint density at radius 2 is 1.79 bits per heavy atom. The van der Waals surface area contributed by atoms with E-state index in [1.807, 2.05) is 48.7 Å². The molecule has 1 heterocycles. The number of benzene rings is 2. The lowest BCUT2D eigenvalue weighted by Crippen LogP contribution is -2.32. The summed E-state index contributed by atoms with van der Waals surface area (Å²) in [6.07, 6.45) is 1.51. The minimum Gasteiger partial charge on any atom is -0.318 e. The molecule has 0 unspecified atom stereocenters. The van der Waals surface area contributed by atoms with Gasteiger partial charge in [-0.1, -0.05) is 33.6 Å². The van der Waals surface area contributed by atoms with Gasteiger partial charge in [0.25, 0.3) is 0 Å². The fourth-order valence-electron chi connectivity index (χ4n) is 2.86. The second-order valence-corrected chi connectivity index (χ2v) is 7.65. The molecule has 1 aromatic heterocycles. The first kappa shape index (κ1) is 20.8. The molecule has 2 N–H and O–H groups in total. The Hall–Kier alpha value is -2.90. The van der Waals surface area contributed by atoms with Crippen molar-refractivity contribution >= 4 is 51.2 Å². The summed E-state index contributed by atoms with van der Waals surface area (Å²) in [7, 11) is 0. The number of nitrogens with one attached hydrogen (secondary N) is 2. The van der Waals surface area contributed by atoms with Crippen LogP contribution in [0.15, 0.2) is 64.2 Å². The zero-order chi connectivity index (χ0) is 21.0. The zero-order valence-corrected chi connectivity index (χ0v) is 18.1. The van der Waals surface area contributed by atoms with Gasteiger partial charge in [-0.3, -0.25) is 9.59 Å². The SMILES string of the molecule is Cc1cc(/C=N\NC(=O)C(=O)Nc2ccc(Br)cc2)c(C)n1-c1cccc(Cl)c1. The highest BCUT2D eigenvalue weighted by Gasteiger charge is 2.13. The van der Waals surface area contributed by atoms with E-state index in [1.54, 1.807) is 24.3 Å². The maximum absolute atomic E-state index is 12.0. The molecule has 2 aromatic carbocycles. The van der Waals surface area contributed by atoms with Crippen LogP contribution in [0.1, 0.15) is 17.0 Å². The van der Waals surface area contributed by atoms with Crippen LogP contribution in [0.25, 0.3) is 5.69 Å². The van der Waals surface area contributed by atoms with Crippen molar-refractivity contribution in [1.29, 1.82) is 0 Å². The van der Waals surface area contributed by atoms with Gasteiger partial charge in [-0.05, 0) is 62.4 Å². The van der Waals surface area contributed by atoms with Gasteiger partial charge >= 0.3 is 11.8 Å². The Balaban J connectivity index is 1.67. The van der Waals surface area contributed by atoms with Crippen molar-refractivity contribution in [1.82, 2.24) is 9.99 Å². The second kappa shape index (κ2) is 9.07. The molecular formula is C21H18BrClN4O2. The van der Waals surface area contributed by atoms with Crippen LogP contribution in [0.5, 0.6) is 0 Å². The number of carbonyl (C=O) groups excluding carboxylic acids is 2. The van der Waals surface area contributed by atoms with Gasteiger partial charge < -0.3 is 9.88 Å². The Morgan fingerprint density at radius 1 is 1.07 bits per heavy atom. The number of aromatic nitrogens is 1. The van der Waals surface area contributed by atoms with Gasteiger partial charge in [0.15, 0.2) is 0 Å². The second-order valence-electron chi connectivity index (χ2n) is 6.30. The molecule has 0 saturated heterocycles. The molecule has 0 radical (unpaired) electrons. The van der Waals surface area contributed by atoms with Crippen LogP contribution in [0.3, 0.4) is 0 Å². The van der Waals surface area contributed by atoms with Crippen LogP contribution in [0.2, 0.25) is 5.02 Å². The predicted molar refractivity (Wildman–Crippen MR) is 119 cm³/mol. The van der Waals surface area contributed by atoms with E-state index in [4.69, 9.17) is 11.6 Å². The first-order chi connectivity index (χ1) is 13.8. The van der Waals surface area contributed by atoms with Crippen molar-refractivity contribution in [3.63, 3.8) is 0 Å². The lowest BCUT2D eigenvalue weighted by Gasteiger charge is -2.09.